The van der Waals surface area contributed by atoms with E-state index in [1.165, 1.54) is 0 Å². The van der Waals surface area contributed by atoms with Gasteiger partial charge in [0.15, 0.2) is 11.6 Å². The number of hydrogen-bond acceptors (Lipinski definition) is 2. The third kappa shape index (κ3) is 7.44. The molecule has 0 unspecified atom stereocenters. The first-order valence-corrected chi connectivity index (χ1v) is 8.77. The van der Waals surface area contributed by atoms with Gasteiger partial charge in [0.05, 0.1) is 6.61 Å². The van der Waals surface area contributed by atoms with E-state index in [-0.39, 0.29) is 11.5 Å². The molecule has 1 aromatic carbocycles. The van der Waals surface area contributed by atoms with Crippen molar-refractivity contribution in [2.45, 2.75) is 58.1 Å². The maximum Gasteiger partial charge on any atom is 0.573 e. The van der Waals surface area contributed by atoms with E-state index < -0.39 is 37.1 Å². The fourth-order valence-electron chi connectivity index (χ4n) is 3.28. The molecule has 1 aliphatic carbocycles. The highest BCUT2D eigenvalue weighted by atomic mass is 19.4. The summed E-state index contributed by atoms with van der Waals surface area (Å²) < 4.78 is 86.1. The van der Waals surface area contributed by atoms with E-state index in [0.29, 0.717) is 24.8 Å². The normalized spacial score (nSPS) is 21.6. The molecule has 0 atom stereocenters. The highest BCUT2D eigenvalue weighted by Gasteiger charge is 2.35. The summed E-state index contributed by atoms with van der Waals surface area (Å²) in [7, 11) is 0. The maximum absolute atomic E-state index is 14.0. The summed E-state index contributed by atoms with van der Waals surface area (Å²) in [5.74, 6) is -2.03. The van der Waals surface area contributed by atoms with Crippen LogP contribution in [-0.4, -0.2) is 12.5 Å². The van der Waals surface area contributed by atoms with Gasteiger partial charge in [-0.05, 0) is 62.1 Å². The minimum atomic E-state index is -5.03. The first-order chi connectivity index (χ1) is 12.6. The number of alkyl halides is 5. The first kappa shape index (κ1) is 21.6. The van der Waals surface area contributed by atoms with Gasteiger partial charge < -0.3 is 9.47 Å². The zero-order valence-electron chi connectivity index (χ0n) is 14.9. The van der Waals surface area contributed by atoms with Crippen molar-refractivity contribution in [2.75, 3.05) is 0 Å². The summed E-state index contributed by atoms with van der Waals surface area (Å²) in [5.41, 5.74) is -0.00140. The molecular weight excluding hydrogens is 374 g/mol. The van der Waals surface area contributed by atoms with Crippen LogP contribution in [0.1, 0.15) is 44.6 Å². The van der Waals surface area contributed by atoms with Gasteiger partial charge in [-0.3, -0.25) is 0 Å². The summed E-state index contributed by atoms with van der Waals surface area (Å²) in [6.07, 6.45) is -1.69. The van der Waals surface area contributed by atoms with E-state index in [0.717, 1.165) is 25.0 Å². The fourth-order valence-corrected chi connectivity index (χ4v) is 3.28. The van der Waals surface area contributed by atoms with Crippen LogP contribution in [0.5, 0.6) is 5.75 Å². The van der Waals surface area contributed by atoms with Gasteiger partial charge in [0.25, 0.3) is 0 Å². The lowest BCUT2D eigenvalue weighted by atomic mass is 9.80. The van der Waals surface area contributed by atoms with Crippen molar-refractivity contribution in [2.24, 2.45) is 11.8 Å². The fraction of sp³-hybridized carbons (Fsp3) is 0.579. The Kier molecular flexibility index (Phi) is 7.19. The first-order valence-electron chi connectivity index (χ1n) is 8.77. The van der Waals surface area contributed by atoms with E-state index in [4.69, 9.17) is 0 Å². The van der Waals surface area contributed by atoms with Crippen LogP contribution >= 0.6 is 0 Å². The molecule has 2 rings (SSSR count). The zero-order chi connectivity index (χ0) is 20.1. The second kappa shape index (κ2) is 8.99. The Bertz CT molecular complexity index is 634. The number of allylic oxidation sites excluding steroid dienone is 2. The van der Waals surface area contributed by atoms with Crippen LogP contribution in [0.3, 0.4) is 0 Å². The molecule has 0 bridgehead atoms. The second-order valence-corrected chi connectivity index (χ2v) is 6.75. The van der Waals surface area contributed by atoms with Crippen molar-refractivity contribution >= 4 is 0 Å². The highest BCUT2D eigenvalue weighted by molar-refractivity contribution is 5.29. The zero-order valence-corrected chi connectivity index (χ0v) is 14.9. The molecule has 27 heavy (non-hydrogen) atoms. The Morgan fingerprint density at radius 1 is 1.07 bits per heavy atom. The number of ether oxygens (including phenoxy) is 2. The van der Waals surface area contributed by atoms with Crippen molar-refractivity contribution in [3.8, 4) is 5.75 Å². The van der Waals surface area contributed by atoms with Crippen LogP contribution in [0.25, 0.3) is 0 Å². The number of benzene rings is 1. The lowest BCUT2D eigenvalue weighted by Gasteiger charge is -2.29. The topological polar surface area (TPSA) is 18.5 Å². The van der Waals surface area contributed by atoms with Crippen LogP contribution in [-0.2, 0) is 11.3 Å². The molecule has 0 N–H and O–H groups in total. The summed E-state index contributed by atoms with van der Waals surface area (Å²) in [6, 6.07) is 2.49. The Morgan fingerprint density at radius 3 is 2.30 bits per heavy atom. The lowest BCUT2D eigenvalue weighted by Crippen LogP contribution is -2.27. The van der Waals surface area contributed by atoms with Gasteiger partial charge in [-0.1, -0.05) is 18.2 Å². The number of rotatable bonds is 7. The summed E-state index contributed by atoms with van der Waals surface area (Å²) in [5, 5.41) is 0. The molecule has 1 fully saturated rings. The van der Waals surface area contributed by atoms with Crippen LogP contribution in [0.15, 0.2) is 30.4 Å². The molecule has 0 spiro atoms. The van der Waals surface area contributed by atoms with Gasteiger partial charge in [0, 0.05) is 6.42 Å². The largest absolute Gasteiger partial charge is 0.573 e. The summed E-state index contributed by atoms with van der Waals surface area (Å²) in [4.78, 5) is 0. The van der Waals surface area contributed by atoms with Gasteiger partial charge in [0.1, 0.15) is 0 Å². The molecule has 1 saturated carbocycles. The van der Waals surface area contributed by atoms with Crippen molar-refractivity contribution in [1.82, 2.24) is 0 Å². The van der Waals surface area contributed by atoms with Gasteiger partial charge in [-0.25, -0.2) is 4.39 Å². The molecular formula is C19H22F6O2. The molecule has 1 aromatic rings. The average Bonchev–Trinajstić information content (AvgIpc) is 2.56. The van der Waals surface area contributed by atoms with Gasteiger partial charge >= 0.3 is 12.5 Å². The van der Waals surface area contributed by atoms with Gasteiger partial charge in [-0.15, -0.1) is 13.2 Å². The molecule has 0 amide bonds. The Hall–Kier alpha value is -1.70. The van der Waals surface area contributed by atoms with Crippen molar-refractivity contribution in [1.29, 1.82) is 0 Å². The van der Waals surface area contributed by atoms with Crippen molar-refractivity contribution in [3.63, 3.8) is 0 Å². The molecule has 2 nitrogen and oxygen atoms in total. The van der Waals surface area contributed by atoms with Crippen LogP contribution in [0.4, 0.5) is 26.3 Å². The third-order valence-electron chi connectivity index (χ3n) is 4.55. The van der Waals surface area contributed by atoms with Crippen LogP contribution < -0.4 is 4.74 Å². The predicted octanol–water partition coefficient (Wildman–Crippen LogP) is 6.61. The monoisotopic (exact) mass is 396 g/mol. The van der Waals surface area contributed by atoms with E-state index >= 15 is 0 Å². The Balaban J connectivity index is 1.85. The van der Waals surface area contributed by atoms with Crippen molar-refractivity contribution in [3.05, 3.63) is 41.7 Å². The Labute approximate surface area is 154 Å². The van der Waals surface area contributed by atoms with E-state index in [1.54, 1.807) is 0 Å². The third-order valence-corrected chi connectivity index (χ3v) is 4.55. The van der Waals surface area contributed by atoms with Gasteiger partial charge in [0.2, 0.25) is 0 Å². The summed E-state index contributed by atoms with van der Waals surface area (Å²) >= 11 is 0. The minimum Gasteiger partial charge on any atom is -0.403 e. The molecule has 152 valence electrons. The molecule has 0 aromatic heterocycles. The molecule has 1 aliphatic rings. The van der Waals surface area contributed by atoms with Crippen LogP contribution in [0, 0.1) is 17.7 Å². The van der Waals surface area contributed by atoms with E-state index in [1.807, 2.05) is 13.0 Å². The SMILES string of the molecule is CC=C[C@H]1CC[C@H](CC(F)(F)OCc2ccc(OC(F)(F)F)c(F)c2)CC1. The van der Waals surface area contributed by atoms with E-state index in [9.17, 15) is 26.3 Å². The quantitative estimate of drug-likeness (QED) is 0.382. The predicted molar refractivity (Wildman–Crippen MR) is 87.7 cm³/mol. The second-order valence-electron chi connectivity index (χ2n) is 6.75. The Morgan fingerprint density at radius 2 is 1.74 bits per heavy atom. The molecule has 0 aliphatic heterocycles. The molecule has 0 saturated heterocycles. The van der Waals surface area contributed by atoms with Crippen molar-refractivity contribution < 1.29 is 35.8 Å². The number of halogens is 6. The minimum absolute atomic E-state index is 0.00140. The molecule has 8 heteroatoms. The smallest absolute Gasteiger partial charge is 0.403 e. The highest BCUT2D eigenvalue weighted by Crippen LogP contribution is 2.37. The maximum atomic E-state index is 14.0. The number of hydrogen-bond donors (Lipinski definition) is 0. The van der Waals surface area contributed by atoms with Crippen LogP contribution in [0.2, 0.25) is 0 Å². The molecule has 0 heterocycles. The average molecular weight is 396 g/mol. The summed E-state index contributed by atoms with van der Waals surface area (Å²) in [6.45, 7) is 1.32. The van der Waals surface area contributed by atoms with Gasteiger partial charge in [-0.2, -0.15) is 8.78 Å². The molecule has 0 radical (unpaired) electrons. The van der Waals surface area contributed by atoms with E-state index in [2.05, 4.69) is 15.5 Å². The standard InChI is InChI=1S/C19H22F6O2/c1-2-3-13-4-6-14(7-5-13)11-18(21,22)26-12-15-8-9-17(16(20)10-15)27-19(23,24)25/h2-3,8-10,13-14H,4-7,11-12H2,1H3/t13-,14-. The lowest BCUT2D eigenvalue weighted by molar-refractivity contribution is -0.275.